The van der Waals surface area contributed by atoms with Crippen LogP contribution in [0, 0.1) is 0 Å². The second-order valence-corrected chi connectivity index (χ2v) is 3.24. The zero-order valence-electron chi connectivity index (χ0n) is 10.0. The number of hydrogen-bond donors (Lipinski definition) is 4. The molecule has 0 heterocycles. The van der Waals surface area contributed by atoms with Crippen LogP contribution in [0.1, 0.15) is 6.92 Å². The first kappa shape index (κ1) is 16.2. The zero-order chi connectivity index (χ0) is 14.8. The molecule has 102 valence electrons. The van der Waals surface area contributed by atoms with Gasteiger partial charge in [0.05, 0.1) is 0 Å². The molecule has 0 saturated carbocycles. The third-order valence-corrected chi connectivity index (χ3v) is 1.56. The van der Waals surface area contributed by atoms with Crippen molar-refractivity contribution in [3.63, 3.8) is 0 Å². The van der Waals surface area contributed by atoms with E-state index in [2.05, 4.69) is 5.32 Å². The Morgan fingerprint density at radius 2 is 1.42 bits per heavy atom. The largest absolute Gasteiger partial charge is 0.508 e. The van der Waals surface area contributed by atoms with Gasteiger partial charge in [-0.1, -0.05) is 0 Å². The first-order valence-corrected chi connectivity index (χ1v) is 5.02. The molecular weight excluding hydrogens is 254 g/mol. The molecule has 1 rings (SSSR count). The lowest BCUT2D eigenvalue weighted by Crippen LogP contribution is -2.04. The maximum atomic E-state index is 10.5. The summed E-state index contributed by atoms with van der Waals surface area (Å²) in [6, 6.07) is 6.31. The van der Waals surface area contributed by atoms with Crippen molar-refractivity contribution in [2.45, 2.75) is 6.92 Å². The van der Waals surface area contributed by atoms with Gasteiger partial charge in [-0.15, -0.1) is 0 Å². The number of benzene rings is 1. The molecule has 19 heavy (non-hydrogen) atoms. The first-order chi connectivity index (χ1) is 8.81. The predicted octanol–water partition coefficient (Wildman–Crippen LogP) is 1.06. The number of carbonyl (C=O) groups excluding carboxylic acids is 1. The van der Waals surface area contributed by atoms with E-state index in [9.17, 15) is 14.4 Å². The van der Waals surface area contributed by atoms with E-state index in [1.807, 2.05) is 0 Å². The van der Waals surface area contributed by atoms with E-state index in [1.54, 1.807) is 12.1 Å². The molecule has 1 amide bonds. The number of amides is 1. The van der Waals surface area contributed by atoms with Crippen LogP contribution < -0.4 is 5.32 Å². The molecule has 0 bridgehead atoms. The Morgan fingerprint density at radius 3 is 1.74 bits per heavy atom. The van der Waals surface area contributed by atoms with Gasteiger partial charge in [-0.2, -0.15) is 0 Å². The molecule has 0 aliphatic rings. The molecule has 7 nitrogen and oxygen atoms in total. The number of aromatic hydroxyl groups is 1. The molecular formula is C12H13NO6. The van der Waals surface area contributed by atoms with Crippen LogP contribution in [0.3, 0.4) is 0 Å². The second-order valence-electron chi connectivity index (χ2n) is 3.24. The molecule has 1 aromatic carbocycles. The van der Waals surface area contributed by atoms with Crippen LogP contribution in [0.25, 0.3) is 0 Å². The molecule has 0 fully saturated rings. The van der Waals surface area contributed by atoms with Gasteiger partial charge in [0.1, 0.15) is 5.75 Å². The molecule has 0 spiro atoms. The molecule has 0 saturated heterocycles. The number of anilines is 1. The van der Waals surface area contributed by atoms with Crippen LogP contribution in [-0.4, -0.2) is 33.2 Å². The van der Waals surface area contributed by atoms with Crippen molar-refractivity contribution >= 4 is 23.5 Å². The number of aliphatic carboxylic acids is 2. The Kier molecular flexibility index (Phi) is 7.05. The summed E-state index contributed by atoms with van der Waals surface area (Å²) >= 11 is 0. The summed E-state index contributed by atoms with van der Waals surface area (Å²) in [7, 11) is 0. The predicted molar refractivity (Wildman–Crippen MR) is 66.8 cm³/mol. The van der Waals surface area contributed by atoms with Crippen LogP contribution in [0.15, 0.2) is 36.4 Å². The van der Waals surface area contributed by atoms with Crippen molar-refractivity contribution in [1.82, 2.24) is 0 Å². The Balaban J connectivity index is 0.000000362. The summed E-state index contributed by atoms with van der Waals surface area (Å²) in [6.07, 6.45) is 1.12. The summed E-state index contributed by atoms with van der Waals surface area (Å²) < 4.78 is 0. The van der Waals surface area contributed by atoms with Gasteiger partial charge < -0.3 is 20.6 Å². The number of phenolic OH excluding ortho intramolecular Hbond substituents is 1. The minimum atomic E-state index is -1.26. The third kappa shape index (κ3) is 10.1. The van der Waals surface area contributed by atoms with Gasteiger partial charge >= 0.3 is 11.9 Å². The van der Waals surface area contributed by atoms with Crippen LogP contribution >= 0.6 is 0 Å². The maximum Gasteiger partial charge on any atom is 0.328 e. The van der Waals surface area contributed by atoms with Gasteiger partial charge in [0, 0.05) is 24.8 Å². The van der Waals surface area contributed by atoms with Crippen LogP contribution in [-0.2, 0) is 14.4 Å². The van der Waals surface area contributed by atoms with Crippen LogP contribution in [0.2, 0.25) is 0 Å². The molecule has 0 aliphatic carbocycles. The van der Waals surface area contributed by atoms with E-state index < -0.39 is 11.9 Å². The lowest BCUT2D eigenvalue weighted by Gasteiger charge is -1.99. The fourth-order valence-electron chi connectivity index (χ4n) is 0.891. The van der Waals surface area contributed by atoms with Crippen molar-refractivity contribution in [2.24, 2.45) is 0 Å². The molecule has 0 atom stereocenters. The van der Waals surface area contributed by atoms with E-state index in [0.717, 1.165) is 0 Å². The van der Waals surface area contributed by atoms with Gasteiger partial charge in [0.15, 0.2) is 0 Å². The third-order valence-electron chi connectivity index (χ3n) is 1.56. The number of hydrogen-bond acceptors (Lipinski definition) is 4. The number of carboxylic acid groups (broad SMARTS) is 2. The van der Waals surface area contributed by atoms with E-state index >= 15 is 0 Å². The average Bonchev–Trinajstić information content (AvgIpc) is 2.30. The van der Waals surface area contributed by atoms with E-state index in [-0.39, 0.29) is 11.7 Å². The molecule has 0 radical (unpaired) electrons. The lowest BCUT2D eigenvalue weighted by molar-refractivity contribution is -0.134. The first-order valence-electron chi connectivity index (χ1n) is 5.02. The highest BCUT2D eigenvalue weighted by Crippen LogP contribution is 2.13. The van der Waals surface area contributed by atoms with Crippen molar-refractivity contribution in [3.05, 3.63) is 36.4 Å². The van der Waals surface area contributed by atoms with E-state index in [1.165, 1.54) is 19.1 Å². The van der Waals surface area contributed by atoms with Crippen molar-refractivity contribution in [3.8, 4) is 5.75 Å². The number of phenols is 1. The van der Waals surface area contributed by atoms with Gasteiger partial charge in [0.25, 0.3) is 0 Å². The summed E-state index contributed by atoms with van der Waals surface area (Å²) in [4.78, 5) is 29.6. The van der Waals surface area contributed by atoms with Crippen molar-refractivity contribution < 1.29 is 29.7 Å². The Hall–Kier alpha value is -2.83. The summed E-state index contributed by atoms with van der Waals surface area (Å²) in [5.74, 6) is -2.44. The Morgan fingerprint density at radius 1 is 1.00 bits per heavy atom. The number of carbonyl (C=O) groups is 3. The van der Waals surface area contributed by atoms with Crippen LogP contribution in [0.4, 0.5) is 5.69 Å². The van der Waals surface area contributed by atoms with Crippen LogP contribution in [0.5, 0.6) is 5.75 Å². The smallest absolute Gasteiger partial charge is 0.328 e. The molecule has 1 aromatic rings. The summed E-state index contributed by atoms with van der Waals surface area (Å²) in [5, 5.41) is 27.1. The van der Waals surface area contributed by atoms with Gasteiger partial charge in [-0.05, 0) is 24.3 Å². The van der Waals surface area contributed by atoms with E-state index in [0.29, 0.717) is 17.8 Å². The highest BCUT2D eigenvalue weighted by Gasteiger charge is 1.93. The summed E-state index contributed by atoms with van der Waals surface area (Å²) in [6.45, 7) is 1.44. The highest BCUT2D eigenvalue weighted by molar-refractivity contribution is 5.89. The second kappa shape index (κ2) is 8.29. The molecule has 0 aliphatic heterocycles. The topological polar surface area (TPSA) is 124 Å². The quantitative estimate of drug-likeness (QED) is 0.479. The minimum Gasteiger partial charge on any atom is -0.508 e. The lowest BCUT2D eigenvalue weighted by atomic mass is 10.3. The molecule has 4 N–H and O–H groups in total. The molecule has 7 heteroatoms. The molecule has 0 unspecified atom stereocenters. The fourth-order valence-corrected chi connectivity index (χ4v) is 0.891. The minimum absolute atomic E-state index is 0.115. The zero-order valence-corrected chi connectivity index (χ0v) is 10.0. The standard InChI is InChI=1S/C8H9NO2.C4H4O4/c1-6(10)9-7-2-4-8(11)5-3-7;5-3(6)1-2-4(7)8/h2-5,11H,1H3,(H,9,10);1-2H,(H,5,6)(H,7,8)/b;2-1-. The number of rotatable bonds is 3. The van der Waals surface area contributed by atoms with Gasteiger partial charge in [-0.25, -0.2) is 9.59 Å². The summed E-state index contributed by atoms with van der Waals surface area (Å²) in [5.41, 5.74) is 0.690. The normalized spacial score (nSPS) is 9.32. The Labute approximate surface area is 108 Å². The van der Waals surface area contributed by atoms with E-state index in [4.69, 9.17) is 15.3 Å². The Bertz CT molecular complexity index is 461. The average molecular weight is 267 g/mol. The molecule has 0 aromatic heterocycles. The van der Waals surface area contributed by atoms with Gasteiger partial charge in [-0.3, -0.25) is 4.79 Å². The van der Waals surface area contributed by atoms with Crippen molar-refractivity contribution in [2.75, 3.05) is 5.32 Å². The number of nitrogens with one attached hydrogen (secondary N) is 1. The SMILES string of the molecule is CC(=O)Nc1ccc(O)cc1.O=C(O)/C=C\C(=O)O. The number of carboxylic acids is 2. The highest BCUT2D eigenvalue weighted by atomic mass is 16.4. The maximum absolute atomic E-state index is 10.5. The van der Waals surface area contributed by atoms with Gasteiger partial charge in [0.2, 0.25) is 5.91 Å². The fraction of sp³-hybridized carbons (Fsp3) is 0.0833. The monoisotopic (exact) mass is 267 g/mol. The van der Waals surface area contributed by atoms with Crippen molar-refractivity contribution in [1.29, 1.82) is 0 Å².